The van der Waals surface area contributed by atoms with Gasteiger partial charge in [-0.25, -0.2) is 0 Å². The summed E-state index contributed by atoms with van der Waals surface area (Å²) < 4.78 is 2.28. The fourth-order valence-electron chi connectivity index (χ4n) is 3.27. The average Bonchev–Trinajstić information content (AvgIpc) is 2.86. The van der Waals surface area contributed by atoms with Crippen molar-refractivity contribution in [2.75, 3.05) is 6.54 Å². The smallest absolute Gasteiger partial charge is 0.251 e. The molecule has 0 spiro atoms. The summed E-state index contributed by atoms with van der Waals surface area (Å²) in [5, 5.41) is 4.89. The van der Waals surface area contributed by atoms with Crippen molar-refractivity contribution in [2.24, 2.45) is 0 Å². The Bertz CT molecular complexity index is 910. The van der Waals surface area contributed by atoms with Crippen LogP contribution < -0.4 is 5.32 Å². The Morgan fingerprint density at radius 3 is 2.52 bits per heavy atom. The van der Waals surface area contributed by atoms with E-state index >= 15 is 0 Å². The Balaban J connectivity index is 1.71. The monoisotopic (exact) mass is 354 g/mol. The second kappa shape index (κ2) is 7.32. The quantitative estimate of drug-likeness (QED) is 0.694. The lowest BCUT2D eigenvalue weighted by atomic mass is 10.1. The van der Waals surface area contributed by atoms with Crippen molar-refractivity contribution in [1.82, 2.24) is 9.88 Å². The van der Waals surface area contributed by atoms with Gasteiger partial charge in [0.15, 0.2) is 0 Å². The molecule has 1 amide bonds. The number of nitrogens with zero attached hydrogens (tertiary/aromatic N) is 1. The van der Waals surface area contributed by atoms with E-state index in [2.05, 4.69) is 30.7 Å². The predicted molar refractivity (Wildman–Crippen MR) is 105 cm³/mol. The lowest BCUT2D eigenvalue weighted by molar-refractivity contribution is 0.0954. The molecule has 0 saturated heterocycles. The second-order valence-corrected chi connectivity index (χ2v) is 6.76. The molecule has 0 aliphatic heterocycles. The molecule has 25 heavy (non-hydrogen) atoms. The number of halogens is 1. The number of benzene rings is 2. The first-order chi connectivity index (χ1) is 12.0. The first-order valence-corrected chi connectivity index (χ1v) is 9.01. The lowest BCUT2D eigenvalue weighted by Gasteiger charge is -2.07. The van der Waals surface area contributed by atoms with Crippen LogP contribution >= 0.6 is 11.6 Å². The first kappa shape index (κ1) is 17.6. The SMILES string of the molecule is CCn1c(C)c(C)c2cc(C(=O)NCCc3ccc(Cl)cc3)ccc21. The summed E-state index contributed by atoms with van der Waals surface area (Å²) in [6.45, 7) is 7.93. The summed E-state index contributed by atoms with van der Waals surface area (Å²) in [5.74, 6) is -0.0304. The number of aromatic nitrogens is 1. The molecular formula is C21H23ClN2O. The molecule has 0 bridgehead atoms. The Morgan fingerprint density at radius 2 is 1.84 bits per heavy atom. The molecule has 1 N–H and O–H groups in total. The van der Waals surface area contributed by atoms with Gasteiger partial charge in [-0.3, -0.25) is 4.79 Å². The summed E-state index contributed by atoms with van der Waals surface area (Å²) in [5.41, 5.74) is 5.56. The van der Waals surface area contributed by atoms with Crippen molar-refractivity contribution in [3.05, 3.63) is 69.9 Å². The van der Waals surface area contributed by atoms with Crippen LogP contribution in [0.4, 0.5) is 0 Å². The zero-order chi connectivity index (χ0) is 18.0. The third-order valence-corrected chi connectivity index (χ3v) is 5.08. The largest absolute Gasteiger partial charge is 0.352 e. The molecular weight excluding hydrogens is 332 g/mol. The third kappa shape index (κ3) is 3.57. The topological polar surface area (TPSA) is 34.0 Å². The Labute approximate surface area is 153 Å². The molecule has 2 aromatic carbocycles. The summed E-state index contributed by atoms with van der Waals surface area (Å²) in [6.07, 6.45) is 0.787. The van der Waals surface area contributed by atoms with Crippen molar-refractivity contribution < 1.29 is 4.79 Å². The van der Waals surface area contributed by atoms with Crippen LogP contribution in [0.5, 0.6) is 0 Å². The van der Waals surface area contributed by atoms with Gasteiger partial charge in [-0.05, 0) is 68.7 Å². The molecule has 0 saturated carbocycles. The number of hydrogen-bond acceptors (Lipinski definition) is 1. The fourth-order valence-corrected chi connectivity index (χ4v) is 3.40. The minimum atomic E-state index is -0.0304. The van der Waals surface area contributed by atoms with Crippen LogP contribution in [0.15, 0.2) is 42.5 Å². The fraction of sp³-hybridized carbons (Fsp3) is 0.286. The van der Waals surface area contributed by atoms with Gasteiger partial charge in [-0.15, -0.1) is 0 Å². The predicted octanol–water partition coefficient (Wildman–Crippen LogP) is 4.90. The highest BCUT2D eigenvalue weighted by Crippen LogP contribution is 2.26. The van der Waals surface area contributed by atoms with Gasteiger partial charge in [0.1, 0.15) is 0 Å². The molecule has 0 aliphatic carbocycles. The normalized spacial score (nSPS) is 11.0. The molecule has 1 heterocycles. The van der Waals surface area contributed by atoms with Crippen LogP contribution in [0, 0.1) is 13.8 Å². The minimum Gasteiger partial charge on any atom is -0.352 e. The van der Waals surface area contributed by atoms with E-state index in [1.165, 1.54) is 16.8 Å². The maximum absolute atomic E-state index is 12.5. The van der Waals surface area contributed by atoms with Crippen molar-refractivity contribution in [3.8, 4) is 0 Å². The number of hydrogen-bond donors (Lipinski definition) is 1. The molecule has 0 aliphatic rings. The van der Waals surface area contributed by atoms with Crippen LogP contribution in [-0.4, -0.2) is 17.0 Å². The van der Waals surface area contributed by atoms with Crippen LogP contribution in [0.2, 0.25) is 5.02 Å². The molecule has 1 aromatic heterocycles. The van der Waals surface area contributed by atoms with Crippen molar-refractivity contribution in [2.45, 2.75) is 33.7 Å². The second-order valence-electron chi connectivity index (χ2n) is 6.32. The van der Waals surface area contributed by atoms with E-state index in [9.17, 15) is 4.79 Å². The van der Waals surface area contributed by atoms with Gasteiger partial charge in [0.05, 0.1) is 0 Å². The summed E-state index contributed by atoms with van der Waals surface area (Å²) in [6, 6.07) is 13.7. The van der Waals surface area contributed by atoms with Gasteiger partial charge in [-0.1, -0.05) is 23.7 Å². The van der Waals surface area contributed by atoms with E-state index in [1.54, 1.807) is 0 Å². The van der Waals surface area contributed by atoms with Crippen LogP contribution in [0.3, 0.4) is 0 Å². The Hall–Kier alpha value is -2.26. The zero-order valence-electron chi connectivity index (χ0n) is 14.9. The van der Waals surface area contributed by atoms with Crippen molar-refractivity contribution in [3.63, 3.8) is 0 Å². The number of aryl methyl sites for hydroxylation is 2. The summed E-state index contributed by atoms with van der Waals surface area (Å²) in [7, 11) is 0. The van der Waals surface area contributed by atoms with Gasteiger partial charge in [-0.2, -0.15) is 0 Å². The number of carbonyl (C=O) groups excluding carboxylic acids is 1. The van der Waals surface area contributed by atoms with Gasteiger partial charge in [0.2, 0.25) is 0 Å². The summed E-state index contributed by atoms with van der Waals surface area (Å²) in [4.78, 5) is 12.5. The van der Waals surface area contributed by atoms with Gasteiger partial charge < -0.3 is 9.88 Å². The van der Waals surface area contributed by atoms with E-state index in [0.717, 1.165) is 28.9 Å². The number of fused-ring (bicyclic) bond motifs is 1. The van der Waals surface area contributed by atoms with Gasteiger partial charge in [0, 0.05) is 40.3 Å². The first-order valence-electron chi connectivity index (χ1n) is 8.63. The lowest BCUT2D eigenvalue weighted by Crippen LogP contribution is -2.25. The number of amides is 1. The number of nitrogens with one attached hydrogen (secondary N) is 1. The number of rotatable bonds is 5. The zero-order valence-corrected chi connectivity index (χ0v) is 15.7. The number of carbonyl (C=O) groups is 1. The standard InChI is InChI=1S/C21H23ClN2O/c1-4-24-15(3)14(2)19-13-17(7-10-20(19)24)21(25)23-12-11-16-5-8-18(22)9-6-16/h5-10,13H,4,11-12H2,1-3H3,(H,23,25). The molecule has 130 valence electrons. The van der Waals surface area contributed by atoms with E-state index in [-0.39, 0.29) is 5.91 Å². The molecule has 0 atom stereocenters. The highest BCUT2D eigenvalue weighted by Gasteiger charge is 2.13. The average molecular weight is 355 g/mol. The van der Waals surface area contributed by atoms with E-state index in [0.29, 0.717) is 12.1 Å². The van der Waals surface area contributed by atoms with Crippen LogP contribution in [-0.2, 0) is 13.0 Å². The van der Waals surface area contributed by atoms with Crippen LogP contribution in [0.1, 0.15) is 34.1 Å². The van der Waals surface area contributed by atoms with E-state index in [4.69, 9.17) is 11.6 Å². The molecule has 0 radical (unpaired) electrons. The van der Waals surface area contributed by atoms with Crippen LogP contribution in [0.25, 0.3) is 10.9 Å². The maximum Gasteiger partial charge on any atom is 0.251 e. The van der Waals surface area contributed by atoms with Crippen molar-refractivity contribution >= 4 is 28.4 Å². The Morgan fingerprint density at radius 1 is 1.12 bits per heavy atom. The third-order valence-electron chi connectivity index (χ3n) is 4.83. The minimum absolute atomic E-state index is 0.0304. The van der Waals surface area contributed by atoms with Crippen molar-refractivity contribution in [1.29, 1.82) is 0 Å². The highest BCUT2D eigenvalue weighted by atomic mass is 35.5. The molecule has 3 rings (SSSR count). The van der Waals surface area contributed by atoms with Gasteiger partial charge >= 0.3 is 0 Å². The molecule has 3 nitrogen and oxygen atoms in total. The highest BCUT2D eigenvalue weighted by molar-refractivity contribution is 6.30. The summed E-state index contributed by atoms with van der Waals surface area (Å²) >= 11 is 5.89. The van der Waals surface area contributed by atoms with Gasteiger partial charge in [0.25, 0.3) is 5.91 Å². The Kier molecular flexibility index (Phi) is 5.14. The molecule has 0 fully saturated rings. The van der Waals surface area contributed by atoms with E-state index < -0.39 is 0 Å². The molecule has 4 heteroatoms. The molecule has 0 unspecified atom stereocenters. The maximum atomic E-state index is 12.5. The molecule has 3 aromatic rings. The van der Waals surface area contributed by atoms with E-state index in [1.807, 2.05) is 42.5 Å².